The molecule has 0 N–H and O–H groups in total. The molecule has 0 spiro atoms. The molecular weight excluding hydrogens is 260 g/mol. The Bertz CT molecular complexity index is 546. The van der Waals surface area contributed by atoms with Crippen molar-refractivity contribution in [1.82, 2.24) is 20.0 Å². The van der Waals surface area contributed by atoms with Crippen molar-refractivity contribution in [3.05, 3.63) is 27.8 Å². The zero-order valence-electron chi connectivity index (χ0n) is 11.3. The van der Waals surface area contributed by atoms with E-state index in [1.54, 1.807) is 11.3 Å². The van der Waals surface area contributed by atoms with Gasteiger partial charge < -0.3 is 4.52 Å². The van der Waals surface area contributed by atoms with Crippen molar-refractivity contribution in [2.45, 2.75) is 38.6 Å². The smallest absolute Gasteiger partial charge is 0.240 e. The zero-order valence-corrected chi connectivity index (χ0v) is 12.1. The van der Waals surface area contributed by atoms with Crippen LogP contribution in [0.1, 0.15) is 41.2 Å². The van der Waals surface area contributed by atoms with Gasteiger partial charge in [-0.25, -0.2) is 4.98 Å². The summed E-state index contributed by atoms with van der Waals surface area (Å²) in [6, 6.07) is 0. The molecule has 0 amide bonds. The summed E-state index contributed by atoms with van der Waals surface area (Å²) in [5.74, 6) is 2.16. The van der Waals surface area contributed by atoms with Crippen molar-refractivity contribution in [3.8, 4) is 0 Å². The van der Waals surface area contributed by atoms with Gasteiger partial charge >= 0.3 is 0 Å². The number of likely N-dealkylation sites (N-methyl/N-ethyl adjacent to an activating group) is 1. The summed E-state index contributed by atoms with van der Waals surface area (Å²) < 4.78 is 5.28. The second-order valence-corrected chi connectivity index (χ2v) is 6.23. The Labute approximate surface area is 116 Å². The second-order valence-electron chi connectivity index (χ2n) is 5.17. The van der Waals surface area contributed by atoms with Crippen LogP contribution in [-0.4, -0.2) is 33.6 Å². The summed E-state index contributed by atoms with van der Waals surface area (Å²) in [5, 5.41) is 7.28. The molecule has 19 heavy (non-hydrogen) atoms. The van der Waals surface area contributed by atoms with Crippen molar-refractivity contribution in [3.63, 3.8) is 0 Å². The van der Waals surface area contributed by atoms with Crippen LogP contribution in [0.4, 0.5) is 0 Å². The maximum Gasteiger partial charge on any atom is 0.240 e. The normalized spacial score (nSPS) is 15.3. The van der Waals surface area contributed by atoms with Gasteiger partial charge in [-0.1, -0.05) is 5.16 Å². The lowest BCUT2D eigenvalue weighted by Crippen LogP contribution is -2.21. The van der Waals surface area contributed by atoms with E-state index in [-0.39, 0.29) is 0 Å². The van der Waals surface area contributed by atoms with E-state index in [9.17, 15) is 0 Å². The van der Waals surface area contributed by atoms with Gasteiger partial charge in [-0.3, -0.25) is 4.90 Å². The SMILES string of the molecule is Cc1nc(CCN(C)Cc2nc(C3CC3)no2)cs1. The molecule has 5 nitrogen and oxygen atoms in total. The molecule has 0 bridgehead atoms. The lowest BCUT2D eigenvalue weighted by molar-refractivity contribution is 0.268. The van der Waals surface area contributed by atoms with Crippen LogP contribution in [0.2, 0.25) is 0 Å². The van der Waals surface area contributed by atoms with Gasteiger partial charge in [-0.15, -0.1) is 11.3 Å². The van der Waals surface area contributed by atoms with Crippen LogP contribution < -0.4 is 0 Å². The maximum absolute atomic E-state index is 5.28. The highest BCUT2D eigenvalue weighted by atomic mass is 32.1. The van der Waals surface area contributed by atoms with Crippen LogP contribution in [0.15, 0.2) is 9.90 Å². The maximum atomic E-state index is 5.28. The minimum absolute atomic E-state index is 0.556. The third-order valence-electron chi connectivity index (χ3n) is 3.25. The largest absolute Gasteiger partial charge is 0.338 e. The van der Waals surface area contributed by atoms with Crippen LogP contribution in [-0.2, 0) is 13.0 Å². The summed E-state index contributed by atoms with van der Waals surface area (Å²) >= 11 is 1.70. The first-order valence-electron chi connectivity index (χ1n) is 6.63. The fourth-order valence-corrected chi connectivity index (χ4v) is 2.63. The molecule has 0 aliphatic heterocycles. The first-order chi connectivity index (χ1) is 9.20. The molecule has 102 valence electrons. The molecule has 2 aromatic rings. The molecule has 6 heteroatoms. The second kappa shape index (κ2) is 5.38. The summed E-state index contributed by atoms with van der Waals surface area (Å²) in [7, 11) is 2.07. The van der Waals surface area contributed by atoms with Gasteiger partial charge in [0.05, 0.1) is 17.2 Å². The Kier molecular flexibility index (Phi) is 3.61. The molecule has 0 aromatic carbocycles. The molecular formula is C13H18N4OS. The average molecular weight is 278 g/mol. The molecule has 0 saturated heterocycles. The number of aryl methyl sites for hydroxylation is 1. The average Bonchev–Trinajstić information content (AvgIpc) is 3.00. The van der Waals surface area contributed by atoms with Crippen molar-refractivity contribution < 1.29 is 4.52 Å². The third-order valence-corrected chi connectivity index (χ3v) is 4.07. The molecule has 3 rings (SSSR count). The van der Waals surface area contributed by atoms with Crippen LogP contribution >= 0.6 is 11.3 Å². The molecule has 1 aliphatic carbocycles. The fourth-order valence-electron chi connectivity index (χ4n) is 1.98. The van der Waals surface area contributed by atoms with E-state index >= 15 is 0 Å². The highest BCUT2D eigenvalue weighted by Crippen LogP contribution is 2.38. The van der Waals surface area contributed by atoms with Gasteiger partial charge in [0.25, 0.3) is 0 Å². The van der Waals surface area contributed by atoms with E-state index in [1.165, 1.54) is 18.5 Å². The lowest BCUT2D eigenvalue weighted by Gasteiger charge is -2.12. The molecule has 1 fully saturated rings. The summed E-state index contributed by atoms with van der Waals surface area (Å²) in [5.41, 5.74) is 1.17. The molecule has 0 unspecified atom stereocenters. The summed E-state index contributed by atoms with van der Waals surface area (Å²) in [4.78, 5) is 11.1. The van der Waals surface area contributed by atoms with E-state index in [4.69, 9.17) is 4.52 Å². The molecule has 2 heterocycles. The molecule has 0 radical (unpaired) electrons. The molecule has 1 aliphatic rings. The first-order valence-corrected chi connectivity index (χ1v) is 7.50. The summed E-state index contributed by atoms with van der Waals surface area (Å²) in [6.45, 7) is 3.70. The minimum atomic E-state index is 0.556. The first kappa shape index (κ1) is 12.7. The van der Waals surface area contributed by atoms with Gasteiger partial charge in [0, 0.05) is 24.3 Å². The fraction of sp³-hybridized carbons (Fsp3) is 0.615. The van der Waals surface area contributed by atoms with Crippen molar-refractivity contribution >= 4 is 11.3 Å². The minimum Gasteiger partial charge on any atom is -0.338 e. The highest BCUT2D eigenvalue weighted by Gasteiger charge is 2.28. The van der Waals surface area contributed by atoms with Crippen molar-refractivity contribution in [1.29, 1.82) is 0 Å². The highest BCUT2D eigenvalue weighted by molar-refractivity contribution is 7.09. The quantitative estimate of drug-likeness (QED) is 0.812. The van der Waals surface area contributed by atoms with Gasteiger partial charge in [-0.2, -0.15) is 4.98 Å². The Morgan fingerprint density at radius 2 is 2.26 bits per heavy atom. The van der Waals surface area contributed by atoms with Crippen molar-refractivity contribution in [2.24, 2.45) is 0 Å². The monoisotopic (exact) mass is 278 g/mol. The van der Waals surface area contributed by atoms with Crippen LogP contribution in [0.3, 0.4) is 0 Å². The molecule has 2 aromatic heterocycles. The van der Waals surface area contributed by atoms with Gasteiger partial charge in [0.2, 0.25) is 5.89 Å². The van der Waals surface area contributed by atoms with Crippen molar-refractivity contribution in [2.75, 3.05) is 13.6 Å². The Morgan fingerprint density at radius 1 is 1.42 bits per heavy atom. The number of aromatic nitrogens is 3. The molecule has 1 saturated carbocycles. The predicted octanol–water partition coefficient (Wildman–Crippen LogP) is 2.39. The van der Waals surface area contributed by atoms with E-state index in [0.29, 0.717) is 12.5 Å². The van der Waals surface area contributed by atoms with Crippen LogP contribution in [0.5, 0.6) is 0 Å². The number of rotatable bonds is 6. The van der Waals surface area contributed by atoms with E-state index in [0.717, 1.165) is 29.7 Å². The lowest BCUT2D eigenvalue weighted by atomic mass is 10.3. The predicted molar refractivity (Wildman–Crippen MR) is 73.2 cm³/mol. The topological polar surface area (TPSA) is 55.1 Å². The number of nitrogens with zero attached hydrogens (tertiary/aromatic N) is 4. The van der Waals surface area contributed by atoms with Gasteiger partial charge in [0.1, 0.15) is 0 Å². The number of hydrogen-bond donors (Lipinski definition) is 0. The van der Waals surface area contributed by atoms with Crippen LogP contribution in [0.25, 0.3) is 0 Å². The Hall–Kier alpha value is -1.27. The van der Waals surface area contributed by atoms with E-state index in [2.05, 4.69) is 32.5 Å². The zero-order chi connectivity index (χ0) is 13.2. The molecule has 0 atom stereocenters. The van der Waals surface area contributed by atoms with E-state index < -0.39 is 0 Å². The standard InChI is InChI=1S/C13H18N4OS/c1-9-14-11(8-19-9)5-6-17(2)7-12-15-13(16-18-12)10-3-4-10/h8,10H,3-7H2,1-2H3. The van der Waals surface area contributed by atoms with E-state index in [1.807, 2.05) is 6.92 Å². The number of thiazole rings is 1. The van der Waals surface area contributed by atoms with Gasteiger partial charge in [-0.05, 0) is 26.8 Å². The Morgan fingerprint density at radius 3 is 2.95 bits per heavy atom. The third kappa shape index (κ3) is 3.39. The number of hydrogen-bond acceptors (Lipinski definition) is 6. The van der Waals surface area contributed by atoms with Gasteiger partial charge in [0.15, 0.2) is 5.82 Å². The summed E-state index contributed by atoms with van der Waals surface area (Å²) in [6.07, 6.45) is 3.38. The Balaban J connectivity index is 1.48. The van der Waals surface area contributed by atoms with Crippen LogP contribution in [0, 0.1) is 6.92 Å².